The number of aryl methyl sites for hydroxylation is 1. The standard InChI is InChI=1S/C33H36F2N4O4S/c1-20-30(36-21(2)31(20)33(41)39-14-6-7-22(18-39)17-38-12-3-4-13-38)16-25-24-15-23(10-11-29(24)37-32(25)40)44(42,43)19-26-27(34)8-5-9-28(26)35/h5,8-11,15-16,22,36H,3-4,6-7,12-14,17-19H2,1-2H3,(H,37,40)/t22-/m0/s1. The SMILES string of the molecule is Cc1[nH]c(C=C2C(=O)Nc3ccc(S(=O)(=O)Cc4c(F)cccc4F)cc32)c(C)c1C(=O)N1CCC[C@@H](CN2CCCC2)C1. The monoisotopic (exact) mass is 622 g/mol. The summed E-state index contributed by atoms with van der Waals surface area (Å²) in [5, 5.41) is 2.75. The number of rotatable bonds is 7. The summed E-state index contributed by atoms with van der Waals surface area (Å²) in [5.74, 6) is -2.75. The minimum atomic E-state index is -4.15. The molecule has 1 aromatic heterocycles. The van der Waals surface area contributed by atoms with Crippen molar-refractivity contribution < 1.29 is 26.8 Å². The number of sulfone groups is 1. The van der Waals surface area contributed by atoms with Crippen LogP contribution in [0, 0.1) is 31.4 Å². The second-order valence-corrected chi connectivity index (χ2v) is 14.1. The molecule has 0 saturated carbocycles. The number of H-pyrrole nitrogens is 1. The van der Waals surface area contributed by atoms with E-state index in [-0.39, 0.29) is 16.4 Å². The minimum absolute atomic E-state index is 0.0305. The molecule has 2 saturated heterocycles. The zero-order chi connectivity index (χ0) is 31.2. The number of benzene rings is 2. The van der Waals surface area contributed by atoms with Crippen LogP contribution >= 0.6 is 0 Å². The Kier molecular flexibility index (Phi) is 8.19. The fourth-order valence-electron chi connectivity index (χ4n) is 6.72. The topological polar surface area (TPSA) is 103 Å². The molecule has 3 aromatic rings. The minimum Gasteiger partial charge on any atom is -0.358 e. The molecule has 11 heteroatoms. The van der Waals surface area contributed by atoms with E-state index in [9.17, 15) is 26.8 Å². The van der Waals surface area contributed by atoms with E-state index in [0.29, 0.717) is 46.2 Å². The number of amides is 2. The van der Waals surface area contributed by atoms with Crippen molar-refractivity contribution >= 4 is 39.0 Å². The molecular formula is C33H36F2N4O4S. The van der Waals surface area contributed by atoms with Crippen LogP contribution in [-0.4, -0.2) is 67.7 Å². The first kappa shape index (κ1) is 30.2. The van der Waals surface area contributed by atoms with Crippen LogP contribution in [0.3, 0.4) is 0 Å². The quantitative estimate of drug-likeness (QED) is 0.347. The molecule has 2 fully saturated rings. The van der Waals surface area contributed by atoms with E-state index >= 15 is 0 Å². The van der Waals surface area contributed by atoms with Gasteiger partial charge in [-0.1, -0.05) is 6.07 Å². The summed E-state index contributed by atoms with van der Waals surface area (Å²) in [6.07, 6.45) is 6.19. The first-order valence-electron chi connectivity index (χ1n) is 15.1. The second kappa shape index (κ2) is 11.9. The van der Waals surface area contributed by atoms with Gasteiger partial charge in [0.05, 0.1) is 21.8 Å². The lowest BCUT2D eigenvalue weighted by Crippen LogP contribution is -2.43. The molecule has 2 amide bonds. The van der Waals surface area contributed by atoms with E-state index in [0.717, 1.165) is 51.2 Å². The van der Waals surface area contributed by atoms with Crippen molar-refractivity contribution in [3.05, 3.63) is 81.7 Å². The summed E-state index contributed by atoms with van der Waals surface area (Å²) >= 11 is 0. The van der Waals surface area contributed by atoms with Gasteiger partial charge in [0.1, 0.15) is 11.6 Å². The molecule has 2 N–H and O–H groups in total. The lowest BCUT2D eigenvalue weighted by Gasteiger charge is -2.35. The van der Waals surface area contributed by atoms with Crippen LogP contribution in [-0.2, 0) is 20.4 Å². The van der Waals surface area contributed by atoms with Crippen LogP contribution in [0.5, 0.6) is 0 Å². The molecule has 3 aliphatic heterocycles. The third-order valence-corrected chi connectivity index (χ3v) is 10.7. The first-order valence-corrected chi connectivity index (χ1v) is 16.7. The number of hydrogen-bond donors (Lipinski definition) is 2. The Morgan fingerprint density at radius 1 is 1.05 bits per heavy atom. The highest BCUT2D eigenvalue weighted by Gasteiger charge is 2.31. The van der Waals surface area contributed by atoms with E-state index in [1.165, 1.54) is 37.1 Å². The summed E-state index contributed by atoms with van der Waals surface area (Å²) in [6, 6.07) is 7.32. The van der Waals surface area contributed by atoms with E-state index in [1.54, 1.807) is 6.08 Å². The van der Waals surface area contributed by atoms with Crippen LogP contribution in [0.25, 0.3) is 11.6 Å². The number of aromatic nitrogens is 1. The highest BCUT2D eigenvalue weighted by atomic mass is 32.2. The number of carbonyl (C=O) groups is 2. The van der Waals surface area contributed by atoms with Crippen molar-refractivity contribution in [2.24, 2.45) is 5.92 Å². The van der Waals surface area contributed by atoms with Gasteiger partial charge in [0.2, 0.25) is 0 Å². The van der Waals surface area contributed by atoms with Crippen LogP contribution in [0.1, 0.15) is 64.1 Å². The number of aromatic amines is 1. The number of anilines is 1. The lowest BCUT2D eigenvalue weighted by molar-refractivity contribution is -0.110. The number of likely N-dealkylation sites (tertiary alicyclic amines) is 2. The molecule has 232 valence electrons. The molecule has 2 aromatic carbocycles. The largest absolute Gasteiger partial charge is 0.358 e. The number of carbonyl (C=O) groups excluding carboxylic acids is 2. The Labute approximate surface area is 256 Å². The predicted molar refractivity (Wildman–Crippen MR) is 165 cm³/mol. The smallest absolute Gasteiger partial charge is 0.256 e. The molecule has 0 unspecified atom stereocenters. The lowest BCUT2D eigenvalue weighted by atomic mass is 9.96. The van der Waals surface area contributed by atoms with Gasteiger partial charge in [-0.2, -0.15) is 0 Å². The van der Waals surface area contributed by atoms with Crippen LogP contribution in [0.15, 0.2) is 41.3 Å². The highest BCUT2D eigenvalue weighted by Crippen LogP contribution is 2.36. The average molecular weight is 623 g/mol. The van der Waals surface area contributed by atoms with E-state index in [1.807, 2.05) is 18.7 Å². The van der Waals surface area contributed by atoms with Crippen molar-refractivity contribution in [3.8, 4) is 0 Å². The molecule has 3 aliphatic rings. The van der Waals surface area contributed by atoms with E-state index < -0.39 is 38.7 Å². The third kappa shape index (κ3) is 5.82. The maximum Gasteiger partial charge on any atom is 0.256 e. The molecule has 4 heterocycles. The zero-order valence-electron chi connectivity index (χ0n) is 24.9. The zero-order valence-corrected chi connectivity index (χ0v) is 25.7. The van der Waals surface area contributed by atoms with Crippen LogP contribution in [0.4, 0.5) is 14.5 Å². The summed E-state index contributed by atoms with van der Waals surface area (Å²) in [7, 11) is -4.15. The number of halogens is 2. The Balaban J connectivity index is 1.26. The Bertz CT molecular complexity index is 1760. The predicted octanol–water partition coefficient (Wildman–Crippen LogP) is 5.32. The van der Waals surface area contributed by atoms with Gasteiger partial charge in [-0.05, 0) is 101 Å². The van der Waals surface area contributed by atoms with Gasteiger partial charge in [-0.25, -0.2) is 17.2 Å². The van der Waals surface area contributed by atoms with Crippen molar-refractivity contribution in [2.45, 2.75) is 50.2 Å². The summed E-state index contributed by atoms with van der Waals surface area (Å²) in [4.78, 5) is 34.3. The van der Waals surface area contributed by atoms with Gasteiger partial charge >= 0.3 is 0 Å². The Morgan fingerprint density at radius 2 is 1.77 bits per heavy atom. The van der Waals surface area contributed by atoms with Crippen LogP contribution in [0.2, 0.25) is 0 Å². The Hall–Kier alpha value is -3.83. The molecule has 0 radical (unpaired) electrons. The fourth-order valence-corrected chi connectivity index (χ4v) is 8.11. The second-order valence-electron chi connectivity index (χ2n) is 12.1. The van der Waals surface area contributed by atoms with Gasteiger partial charge in [0.15, 0.2) is 9.84 Å². The normalized spacial score (nSPS) is 19.9. The van der Waals surface area contributed by atoms with Gasteiger partial charge in [-0.15, -0.1) is 0 Å². The molecule has 44 heavy (non-hydrogen) atoms. The molecule has 1 atom stereocenters. The Morgan fingerprint density at radius 3 is 2.50 bits per heavy atom. The summed E-state index contributed by atoms with van der Waals surface area (Å²) < 4.78 is 54.8. The van der Waals surface area contributed by atoms with Gasteiger partial charge in [0, 0.05) is 47.8 Å². The average Bonchev–Trinajstić information content (AvgIpc) is 3.68. The first-order chi connectivity index (χ1) is 21.0. The van der Waals surface area contributed by atoms with Crippen molar-refractivity contribution in [3.63, 3.8) is 0 Å². The summed E-state index contributed by atoms with van der Waals surface area (Å²) in [5.41, 5.74) is 3.03. The maximum absolute atomic E-state index is 14.2. The number of nitrogens with one attached hydrogen (secondary N) is 2. The third-order valence-electron chi connectivity index (χ3n) is 9.03. The number of fused-ring (bicyclic) bond motifs is 1. The van der Waals surface area contributed by atoms with Gasteiger partial charge < -0.3 is 20.1 Å². The van der Waals surface area contributed by atoms with Crippen molar-refractivity contribution in [1.82, 2.24) is 14.8 Å². The highest BCUT2D eigenvalue weighted by molar-refractivity contribution is 7.90. The fraction of sp³-hybridized carbons (Fsp3) is 0.394. The molecule has 8 nitrogen and oxygen atoms in total. The van der Waals surface area contributed by atoms with Crippen molar-refractivity contribution in [2.75, 3.05) is 38.0 Å². The summed E-state index contributed by atoms with van der Waals surface area (Å²) in [6.45, 7) is 8.39. The van der Waals surface area contributed by atoms with E-state index in [4.69, 9.17) is 0 Å². The molecular weight excluding hydrogens is 586 g/mol. The van der Waals surface area contributed by atoms with Crippen molar-refractivity contribution in [1.29, 1.82) is 0 Å². The molecule has 0 bridgehead atoms. The van der Waals surface area contributed by atoms with Crippen LogP contribution < -0.4 is 5.32 Å². The maximum atomic E-state index is 14.2. The number of hydrogen-bond acceptors (Lipinski definition) is 5. The molecule has 0 aliphatic carbocycles. The van der Waals surface area contributed by atoms with Gasteiger partial charge in [-0.3, -0.25) is 9.59 Å². The van der Waals surface area contributed by atoms with Gasteiger partial charge in [0.25, 0.3) is 11.8 Å². The molecule has 0 spiro atoms. The number of nitrogens with zero attached hydrogens (tertiary/aromatic N) is 2. The molecule has 6 rings (SSSR count). The number of piperidine rings is 1. The van der Waals surface area contributed by atoms with E-state index in [2.05, 4.69) is 15.2 Å².